The SMILES string of the molecule is CC1CC(c2cc(Cl)c3c(c2)OCCO3)=NN=C1N. The Kier molecular flexibility index (Phi) is 3.06. The van der Waals surface area contributed by atoms with Crippen molar-refractivity contribution in [3.8, 4) is 11.5 Å². The number of ether oxygens (including phenoxy) is 2. The Morgan fingerprint density at radius 1 is 1.26 bits per heavy atom. The van der Waals surface area contributed by atoms with Crippen LogP contribution in [0, 0.1) is 5.92 Å². The number of fused-ring (bicyclic) bond motifs is 1. The normalized spacial score (nSPS) is 21.7. The van der Waals surface area contributed by atoms with Crippen molar-refractivity contribution in [2.75, 3.05) is 13.2 Å². The summed E-state index contributed by atoms with van der Waals surface area (Å²) in [5.74, 6) is 2.00. The molecule has 19 heavy (non-hydrogen) atoms. The van der Waals surface area contributed by atoms with E-state index >= 15 is 0 Å². The molecule has 2 heterocycles. The molecule has 1 aromatic carbocycles. The van der Waals surface area contributed by atoms with Gasteiger partial charge in [-0.25, -0.2) is 0 Å². The zero-order chi connectivity index (χ0) is 13.4. The third-order valence-corrected chi connectivity index (χ3v) is 3.50. The molecule has 0 aliphatic carbocycles. The van der Waals surface area contributed by atoms with Crippen molar-refractivity contribution in [3.63, 3.8) is 0 Å². The molecule has 0 radical (unpaired) electrons. The van der Waals surface area contributed by atoms with Crippen LogP contribution in [0.1, 0.15) is 18.9 Å². The van der Waals surface area contributed by atoms with Crippen molar-refractivity contribution < 1.29 is 9.47 Å². The average Bonchev–Trinajstić information content (AvgIpc) is 2.42. The molecule has 2 aliphatic heterocycles. The largest absolute Gasteiger partial charge is 0.486 e. The topological polar surface area (TPSA) is 69.2 Å². The summed E-state index contributed by atoms with van der Waals surface area (Å²) in [5.41, 5.74) is 7.49. The molecular formula is C13H14ClN3O2. The fraction of sp³-hybridized carbons (Fsp3) is 0.385. The van der Waals surface area contributed by atoms with E-state index in [0.29, 0.717) is 35.6 Å². The minimum Gasteiger partial charge on any atom is -0.486 e. The maximum Gasteiger partial charge on any atom is 0.179 e. The number of amidine groups is 1. The molecule has 0 saturated heterocycles. The predicted molar refractivity (Wildman–Crippen MR) is 74.4 cm³/mol. The van der Waals surface area contributed by atoms with Gasteiger partial charge in [0.2, 0.25) is 0 Å². The number of rotatable bonds is 1. The summed E-state index contributed by atoms with van der Waals surface area (Å²) in [6.07, 6.45) is 0.741. The first-order valence-corrected chi connectivity index (χ1v) is 6.52. The lowest BCUT2D eigenvalue weighted by Crippen LogP contribution is -2.27. The lowest BCUT2D eigenvalue weighted by Gasteiger charge is -2.21. The molecule has 5 nitrogen and oxygen atoms in total. The number of nitrogens with zero attached hydrogens (tertiary/aromatic N) is 2. The van der Waals surface area contributed by atoms with E-state index < -0.39 is 0 Å². The van der Waals surface area contributed by atoms with E-state index in [1.54, 1.807) is 0 Å². The third kappa shape index (κ3) is 2.26. The zero-order valence-corrected chi connectivity index (χ0v) is 11.3. The maximum atomic E-state index is 6.21. The van der Waals surface area contributed by atoms with Gasteiger partial charge >= 0.3 is 0 Å². The third-order valence-electron chi connectivity index (χ3n) is 3.22. The summed E-state index contributed by atoms with van der Waals surface area (Å²) < 4.78 is 11.0. The Morgan fingerprint density at radius 3 is 2.84 bits per heavy atom. The first-order valence-electron chi connectivity index (χ1n) is 6.14. The molecule has 2 N–H and O–H groups in total. The van der Waals surface area contributed by atoms with Crippen LogP contribution in [0.25, 0.3) is 0 Å². The van der Waals surface area contributed by atoms with Crippen LogP contribution in [0.5, 0.6) is 11.5 Å². The average molecular weight is 280 g/mol. The van der Waals surface area contributed by atoms with Crippen LogP contribution in [0.2, 0.25) is 5.02 Å². The van der Waals surface area contributed by atoms with E-state index in [1.165, 1.54) is 0 Å². The van der Waals surface area contributed by atoms with Gasteiger partial charge in [-0.05, 0) is 12.1 Å². The van der Waals surface area contributed by atoms with Gasteiger partial charge in [0.15, 0.2) is 11.5 Å². The fourth-order valence-electron chi connectivity index (χ4n) is 2.11. The lowest BCUT2D eigenvalue weighted by atomic mass is 9.97. The molecule has 1 unspecified atom stereocenters. The van der Waals surface area contributed by atoms with E-state index in [0.717, 1.165) is 17.7 Å². The van der Waals surface area contributed by atoms with Crippen molar-refractivity contribution >= 4 is 23.1 Å². The molecule has 0 saturated carbocycles. The highest BCUT2D eigenvalue weighted by Crippen LogP contribution is 2.39. The fourth-order valence-corrected chi connectivity index (χ4v) is 2.37. The van der Waals surface area contributed by atoms with Crippen molar-refractivity contribution in [1.82, 2.24) is 0 Å². The minimum atomic E-state index is 0.180. The van der Waals surface area contributed by atoms with Crippen LogP contribution in [-0.2, 0) is 0 Å². The highest BCUT2D eigenvalue weighted by molar-refractivity contribution is 6.32. The second-order valence-electron chi connectivity index (χ2n) is 4.66. The van der Waals surface area contributed by atoms with Gasteiger partial charge in [-0.15, -0.1) is 5.10 Å². The smallest absolute Gasteiger partial charge is 0.179 e. The molecule has 0 spiro atoms. The van der Waals surface area contributed by atoms with E-state index in [-0.39, 0.29) is 5.92 Å². The van der Waals surface area contributed by atoms with Gasteiger partial charge in [0.05, 0.1) is 10.7 Å². The molecular weight excluding hydrogens is 266 g/mol. The summed E-state index contributed by atoms with van der Waals surface area (Å²) in [7, 11) is 0. The first kappa shape index (κ1) is 12.3. The minimum absolute atomic E-state index is 0.180. The number of nitrogens with two attached hydrogens (primary N) is 1. The van der Waals surface area contributed by atoms with Crippen molar-refractivity contribution in [1.29, 1.82) is 0 Å². The zero-order valence-electron chi connectivity index (χ0n) is 10.5. The van der Waals surface area contributed by atoms with Crippen LogP contribution < -0.4 is 15.2 Å². The standard InChI is InChI=1S/C13H14ClN3O2/c1-7-4-10(16-17-13(7)15)8-5-9(14)12-11(6-8)18-2-3-19-12/h5-7H,2-4H2,1H3,(H2,15,17). The maximum absolute atomic E-state index is 6.21. The van der Waals surface area contributed by atoms with Crippen LogP contribution in [0.3, 0.4) is 0 Å². The van der Waals surface area contributed by atoms with Gasteiger partial charge in [-0.3, -0.25) is 0 Å². The molecule has 0 fully saturated rings. The van der Waals surface area contributed by atoms with E-state index in [9.17, 15) is 0 Å². The number of hydrogen-bond acceptors (Lipinski definition) is 5. The molecule has 0 bridgehead atoms. The molecule has 2 aliphatic rings. The Balaban J connectivity index is 2.00. The predicted octanol–water partition coefficient (Wildman–Crippen LogP) is 2.21. The summed E-state index contributed by atoms with van der Waals surface area (Å²) in [5, 5.41) is 8.66. The second-order valence-corrected chi connectivity index (χ2v) is 5.07. The van der Waals surface area contributed by atoms with E-state index in [1.807, 2.05) is 19.1 Å². The summed E-state index contributed by atoms with van der Waals surface area (Å²) in [6, 6.07) is 3.72. The summed E-state index contributed by atoms with van der Waals surface area (Å²) in [6.45, 7) is 3.07. The number of halogens is 1. The van der Waals surface area contributed by atoms with Gasteiger partial charge in [-0.2, -0.15) is 5.10 Å². The van der Waals surface area contributed by atoms with E-state index in [4.69, 9.17) is 26.8 Å². The van der Waals surface area contributed by atoms with E-state index in [2.05, 4.69) is 10.2 Å². The summed E-state index contributed by atoms with van der Waals surface area (Å²) in [4.78, 5) is 0. The van der Waals surface area contributed by atoms with Gasteiger partial charge in [-0.1, -0.05) is 18.5 Å². The second kappa shape index (κ2) is 4.74. The number of hydrogen-bond donors (Lipinski definition) is 1. The molecule has 0 aromatic heterocycles. The van der Waals surface area contributed by atoms with Crippen LogP contribution in [0.4, 0.5) is 0 Å². The van der Waals surface area contributed by atoms with Gasteiger partial charge in [0.1, 0.15) is 19.0 Å². The lowest BCUT2D eigenvalue weighted by molar-refractivity contribution is 0.171. The first-order chi connectivity index (χ1) is 9.15. The highest BCUT2D eigenvalue weighted by atomic mass is 35.5. The van der Waals surface area contributed by atoms with Gasteiger partial charge < -0.3 is 15.2 Å². The monoisotopic (exact) mass is 279 g/mol. The molecule has 6 heteroatoms. The van der Waals surface area contributed by atoms with Crippen molar-refractivity contribution in [2.24, 2.45) is 21.9 Å². The Bertz CT molecular complexity index is 583. The molecule has 1 atom stereocenters. The van der Waals surface area contributed by atoms with Crippen molar-refractivity contribution in [2.45, 2.75) is 13.3 Å². The Hall–Kier alpha value is -1.75. The molecule has 1 aromatic rings. The van der Waals surface area contributed by atoms with Gasteiger partial charge in [0.25, 0.3) is 0 Å². The van der Waals surface area contributed by atoms with Crippen molar-refractivity contribution in [3.05, 3.63) is 22.7 Å². The van der Waals surface area contributed by atoms with Crippen LogP contribution in [0.15, 0.2) is 22.3 Å². The van der Waals surface area contributed by atoms with Gasteiger partial charge in [0, 0.05) is 17.9 Å². The highest BCUT2D eigenvalue weighted by Gasteiger charge is 2.22. The molecule has 3 rings (SSSR count). The Morgan fingerprint density at radius 2 is 2.05 bits per heavy atom. The quantitative estimate of drug-likeness (QED) is 0.857. The summed E-state index contributed by atoms with van der Waals surface area (Å²) >= 11 is 6.21. The molecule has 100 valence electrons. The van der Waals surface area contributed by atoms with Crippen LogP contribution >= 0.6 is 11.6 Å². The molecule has 0 amide bonds. The Labute approximate surface area is 116 Å². The van der Waals surface area contributed by atoms with Crippen LogP contribution in [-0.4, -0.2) is 24.8 Å². The number of benzene rings is 1.